The van der Waals surface area contributed by atoms with E-state index in [1.807, 2.05) is 0 Å². The zero-order valence-corrected chi connectivity index (χ0v) is 14.7. The average Bonchev–Trinajstić information content (AvgIpc) is 2.59. The van der Waals surface area contributed by atoms with E-state index in [0.29, 0.717) is 17.2 Å². The number of nitrogens with two attached hydrogens (primary N) is 1. The van der Waals surface area contributed by atoms with Crippen molar-refractivity contribution in [3.63, 3.8) is 0 Å². The van der Waals surface area contributed by atoms with Crippen LogP contribution in [0.1, 0.15) is 27.8 Å². The molecule has 0 bridgehead atoms. The maximum atomic E-state index is 13.3. The Bertz CT molecular complexity index is 845. The molecule has 0 aliphatic carbocycles. The molecule has 0 aromatic heterocycles. The Hall–Kier alpha value is -2.55. The van der Waals surface area contributed by atoms with E-state index >= 15 is 0 Å². The standard InChI is InChI=1S/C19H17F6NO2/c1-28-17(27)16(26)9-12-4-2-3-11(7-12)8-13-5-6-14(18(20,21)22)10-15(13)19(23,24)25/h2-7,10,16H,8-9,26H2,1H3/t16-/m0/s1. The Kier molecular flexibility index (Phi) is 6.38. The summed E-state index contributed by atoms with van der Waals surface area (Å²) in [5.74, 6) is -0.632. The van der Waals surface area contributed by atoms with Crippen molar-refractivity contribution in [1.82, 2.24) is 0 Å². The van der Waals surface area contributed by atoms with Gasteiger partial charge < -0.3 is 10.5 Å². The smallest absolute Gasteiger partial charge is 0.416 e. The Morgan fingerprint density at radius 3 is 2.21 bits per heavy atom. The molecule has 2 N–H and O–H groups in total. The topological polar surface area (TPSA) is 52.3 Å². The number of rotatable bonds is 5. The molecule has 152 valence electrons. The van der Waals surface area contributed by atoms with Crippen molar-refractivity contribution in [2.45, 2.75) is 31.2 Å². The second-order valence-corrected chi connectivity index (χ2v) is 6.20. The van der Waals surface area contributed by atoms with E-state index in [4.69, 9.17) is 5.73 Å². The van der Waals surface area contributed by atoms with Gasteiger partial charge in [-0.25, -0.2) is 0 Å². The van der Waals surface area contributed by atoms with E-state index in [1.54, 1.807) is 24.3 Å². The SMILES string of the molecule is COC(=O)[C@@H](N)Cc1cccc(Cc2ccc(C(F)(F)F)cc2C(F)(F)F)c1. The van der Waals surface area contributed by atoms with Crippen molar-refractivity contribution < 1.29 is 35.9 Å². The van der Waals surface area contributed by atoms with Crippen LogP contribution in [0.5, 0.6) is 0 Å². The molecule has 0 aliphatic heterocycles. The Labute approximate surface area is 157 Å². The van der Waals surface area contributed by atoms with Gasteiger partial charge in [0.1, 0.15) is 6.04 Å². The van der Waals surface area contributed by atoms with E-state index in [-0.39, 0.29) is 24.5 Å². The van der Waals surface area contributed by atoms with Gasteiger partial charge in [0, 0.05) is 0 Å². The third-order valence-electron chi connectivity index (χ3n) is 4.09. The molecular formula is C19H17F6NO2. The lowest BCUT2D eigenvalue weighted by Crippen LogP contribution is -2.33. The molecule has 0 saturated carbocycles. The van der Waals surface area contributed by atoms with Gasteiger partial charge in [0.2, 0.25) is 0 Å². The number of hydrogen-bond donors (Lipinski definition) is 1. The van der Waals surface area contributed by atoms with Crippen molar-refractivity contribution in [3.8, 4) is 0 Å². The van der Waals surface area contributed by atoms with Crippen LogP contribution in [-0.4, -0.2) is 19.1 Å². The zero-order chi connectivity index (χ0) is 21.1. The lowest BCUT2D eigenvalue weighted by molar-refractivity contribution is -0.144. The highest BCUT2D eigenvalue weighted by atomic mass is 19.4. The lowest BCUT2D eigenvalue weighted by atomic mass is 9.95. The van der Waals surface area contributed by atoms with Crippen molar-refractivity contribution in [2.24, 2.45) is 5.73 Å². The van der Waals surface area contributed by atoms with Crippen LogP contribution in [0.3, 0.4) is 0 Å². The number of alkyl halides is 6. The molecule has 0 radical (unpaired) electrons. The van der Waals surface area contributed by atoms with Crippen molar-refractivity contribution in [3.05, 3.63) is 70.3 Å². The van der Waals surface area contributed by atoms with Crippen LogP contribution >= 0.6 is 0 Å². The van der Waals surface area contributed by atoms with E-state index in [9.17, 15) is 31.1 Å². The fourth-order valence-corrected chi connectivity index (χ4v) is 2.75. The van der Waals surface area contributed by atoms with Crippen molar-refractivity contribution in [2.75, 3.05) is 7.11 Å². The predicted molar refractivity (Wildman–Crippen MR) is 89.4 cm³/mol. The number of hydrogen-bond acceptors (Lipinski definition) is 3. The minimum Gasteiger partial charge on any atom is -0.468 e. The average molecular weight is 405 g/mol. The van der Waals surface area contributed by atoms with Crippen LogP contribution < -0.4 is 5.73 Å². The molecule has 0 aliphatic rings. The second kappa shape index (κ2) is 8.22. The van der Waals surface area contributed by atoms with Crippen LogP contribution in [0.4, 0.5) is 26.3 Å². The van der Waals surface area contributed by atoms with Gasteiger partial charge in [0.15, 0.2) is 0 Å². The summed E-state index contributed by atoms with van der Waals surface area (Å²) < 4.78 is 82.6. The molecule has 3 nitrogen and oxygen atoms in total. The Balaban J connectivity index is 2.33. The van der Waals surface area contributed by atoms with Gasteiger partial charge in [-0.1, -0.05) is 30.3 Å². The van der Waals surface area contributed by atoms with Crippen LogP contribution in [0.15, 0.2) is 42.5 Å². The quantitative estimate of drug-likeness (QED) is 0.594. The number of benzene rings is 2. The molecule has 0 heterocycles. The first kappa shape index (κ1) is 21.7. The summed E-state index contributed by atoms with van der Waals surface area (Å²) in [7, 11) is 1.18. The number of ether oxygens (including phenoxy) is 1. The van der Waals surface area contributed by atoms with E-state index in [1.165, 1.54) is 7.11 Å². The molecule has 1 atom stereocenters. The number of methoxy groups -OCH3 is 1. The van der Waals surface area contributed by atoms with Crippen molar-refractivity contribution >= 4 is 5.97 Å². The Morgan fingerprint density at radius 2 is 1.64 bits per heavy atom. The summed E-state index contributed by atoms with van der Waals surface area (Å²) in [6.45, 7) is 0. The first-order chi connectivity index (χ1) is 12.9. The third kappa shape index (κ3) is 5.48. The number of carbonyl (C=O) groups is 1. The molecular weight excluding hydrogens is 388 g/mol. The summed E-state index contributed by atoms with van der Waals surface area (Å²) in [6.07, 6.45) is -9.92. The van der Waals surface area contributed by atoms with Gasteiger partial charge in [0.05, 0.1) is 18.2 Å². The van der Waals surface area contributed by atoms with Crippen LogP contribution in [0.25, 0.3) is 0 Å². The summed E-state index contributed by atoms with van der Waals surface area (Å²) >= 11 is 0. The van der Waals surface area contributed by atoms with Crippen LogP contribution in [-0.2, 0) is 34.7 Å². The molecule has 9 heteroatoms. The lowest BCUT2D eigenvalue weighted by Gasteiger charge is -2.16. The predicted octanol–water partition coefficient (Wildman–Crippen LogP) is 4.36. The third-order valence-corrected chi connectivity index (χ3v) is 4.09. The molecule has 28 heavy (non-hydrogen) atoms. The maximum Gasteiger partial charge on any atom is 0.416 e. The maximum absolute atomic E-state index is 13.3. The van der Waals surface area contributed by atoms with Crippen LogP contribution in [0.2, 0.25) is 0 Å². The Morgan fingerprint density at radius 1 is 1.00 bits per heavy atom. The monoisotopic (exact) mass is 405 g/mol. The summed E-state index contributed by atoms with van der Waals surface area (Å²) in [5.41, 5.74) is 3.73. The summed E-state index contributed by atoms with van der Waals surface area (Å²) in [4.78, 5) is 11.4. The summed E-state index contributed by atoms with van der Waals surface area (Å²) in [5, 5.41) is 0. The van der Waals surface area contributed by atoms with Gasteiger partial charge in [-0.3, -0.25) is 4.79 Å². The number of esters is 1. The first-order valence-corrected chi connectivity index (χ1v) is 8.10. The fourth-order valence-electron chi connectivity index (χ4n) is 2.75. The van der Waals surface area contributed by atoms with Gasteiger partial charge in [0.25, 0.3) is 0 Å². The van der Waals surface area contributed by atoms with Crippen LogP contribution in [0, 0.1) is 0 Å². The van der Waals surface area contributed by atoms with E-state index in [2.05, 4.69) is 4.74 Å². The zero-order valence-electron chi connectivity index (χ0n) is 14.7. The molecule has 0 saturated heterocycles. The first-order valence-electron chi connectivity index (χ1n) is 8.10. The normalized spacial score (nSPS) is 13.3. The van der Waals surface area contributed by atoms with Gasteiger partial charge in [-0.2, -0.15) is 26.3 Å². The molecule has 0 unspecified atom stereocenters. The minimum absolute atomic E-state index is 0.111. The van der Waals surface area contributed by atoms with E-state index in [0.717, 1.165) is 6.07 Å². The number of halogens is 6. The highest BCUT2D eigenvalue weighted by Gasteiger charge is 2.38. The van der Waals surface area contributed by atoms with Crippen molar-refractivity contribution in [1.29, 1.82) is 0 Å². The molecule has 2 aromatic carbocycles. The minimum atomic E-state index is -4.93. The second-order valence-electron chi connectivity index (χ2n) is 6.20. The number of carbonyl (C=O) groups excluding carboxylic acids is 1. The van der Waals surface area contributed by atoms with E-state index < -0.39 is 35.5 Å². The van der Waals surface area contributed by atoms with Gasteiger partial charge >= 0.3 is 18.3 Å². The molecule has 0 fully saturated rings. The molecule has 2 aromatic rings. The molecule has 0 amide bonds. The highest BCUT2D eigenvalue weighted by molar-refractivity contribution is 5.75. The van der Waals surface area contributed by atoms with Gasteiger partial charge in [-0.15, -0.1) is 0 Å². The van der Waals surface area contributed by atoms with Gasteiger partial charge in [-0.05, 0) is 41.7 Å². The molecule has 2 rings (SSSR count). The molecule has 0 spiro atoms. The fraction of sp³-hybridized carbons (Fsp3) is 0.316. The summed E-state index contributed by atoms with van der Waals surface area (Å²) in [6, 6.07) is 6.96. The largest absolute Gasteiger partial charge is 0.468 e. The highest BCUT2D eigenvalue weighted by Crippen LogP contribution is 2.38.